The molecule has 0 aromatic carbocycles. The summed E-state index contributed by atoms with van der Waals surface area (Å²) in [5.41, 5.74) is 0. The minimum absolute atomic E-state index is 0.0635. The first-order valence-electron chi connectivity index (χ1n) is 29.7. The average molecular weight is 934 g/mol. The maximum absolute atomic E-state index is 12.9. The zero-order valence-corrected chi connectivity index (χ0v) is 45.5. The number of carbonyl (C=O) groups is 3. The molecule has 0 radical (unpaired) electrons. The van der Waals surface area contributed by atoms with Crippen LogP contribution in [0.3, 0.4) is 0 Å². The van der Waals surface area contributed by atoms with Crippen molar-refractivity contribution >= 4 is 17.9 Å². The molecule has 0 saturated carbocycles. The lowest BCUT2D eigenvalue weighted by molar-refractivity contribution is -0.167. The molecule has 2 unspecified atom stereocenters. The van der Waals surface area contributed by atoms with E-state index in [0.717, 1.165) is 75.5 Å². The van der Waals surface area contributed by atoms with Crippen molar-refractivity contribution in [2.45, 2.75) is 337 Å². The molecule has 6 heteroatoms. The maximum atomic E-state index is 12.9. The van der Waals surface area contributed by atoms with Gasteiger partial charge in [-0.25, -0.2) is 0 Å². The van der Waals surface area contributed by atoms with Gasteiger partial charge in [-0.15, -0.1) is 0 Å². The second-order valence-electron chi connectivity index (χ2n) is 21.6. The molecule has 0 rings (SSSR count). The third-order valence-electron chi connectivity index (χ3n) is 14.4. The van der Waals surface area contributed by atoms with Crippen LogP contribution in [0.4, 0.5) is 0 Å². The SMILES string of the molecule is CCC(C)CCCCCCCCCCCCCCCCC(=O)OC[C@H](COC(=O)CCCCCCCCCCCCCCCC(C)C)OC(=O)CCCCCCCCCCCCC(C)CC. The highest BCUT2D eigenvalue weighted by Crippen LogP contribution is 2.19. The monoisotopic (exact) mass is 933 g/mol. The van der Waals surface area contributed by atoms with Crippen molar-refractivity contribution in [1.82, 2.24) is 0 Å². The molecular weight excluding hydrogens is 817 g/mol. The van der Waals surface area contributed by atoms with Gasteiger partial charge in [0, 0.05) is 19.3 Å². The van der Waals surface area contributed by atoms with Crippen LogP contribution in [-0.4, -0.2) is 37.2 Å². The van der Waals surface area contributed by atoms with E-state index in [2.05, 4.69) is 41.5 Å². The summed E-state index contributed by atoms with van der Waals surface area (Å²) in [4.78, 5) is 38.2. The van der Waals surface area contributed by atoms with Crippen molar-refractivity contribution in [3.05, 3.63) is 0 Å². The molecule has 0 N–H and O–H groups in total. The Hall–Kier alpha value is -1.59. The van der Waals surface area contributed by atoms with E-state index >= 15 is 0 Å². The van der Waals surface area contributed by atoms with Crippen molar-refractivity contribution in [2.24, 2.45) is 17.8 Å². The van der Waals surface area contributed by atoms with Gasteiger partial charge >= 0.3 is 17.9 Å². The third-order valence-corrected chi connectivity index (χ3v) is 14.4. The number of ether oxygens (including phenoxy) is 3. The number of hydrogen-bond donors (Lipinski definition) is 0. The van der Waals surface area contributed by atoms with Crippen molar-refractivity contribution in [3.63, 3.8) is 0 Å². The Kier molecular flexibility index (Phi) is 50.0. The molecule has 0 aliphatic heterocycles. The summed E-state index contributed by atoms with van der Waals surface area (Å²) >= 11 is 0. The van der Waals surface area contributed by atoms with Crippen LogP contribution in [-0.2, 0) is 28.6 Å². The van der Waals surface area contributed by atoms with Crippen LogP contribution in [0.1, 0.15) is 330 Å². The summed E-state index contributed by atoms with van der Waals surface area (Å²) in [5, 5.41) is 0. The summed E-state index contributed by atoms with van der Waals surface area (Å²) in [5.74, 6) is 1.76. The first kappa shape index (κ1) is 64.4. The minimum atomic E-state index is -0.764. The van der Waals surface area contributed by atoms with E-state index in [4.69, 9.17) is 14.2 Å². The fourth-order valence-corrected chi connectivity index (χ4v) is 9.11. The number of esters is 3. The van der Waals surface area contributed by atoms with Gasteiger partial charge in [-0.3, -0.25) is 14.4 Å². The van der Waals surface area contributed by atoms with E-state index in [1.807, 2.05) is 0 Å². The van der Waals surface area contributed by atoms with E-state index in [9.17, 15) is 14.4 Å². The van der Waals surface area contributed by atoms with Gasteiger partial charge in [-0.2, -0.15) is 0 Å². The van der Waals surface area contributed by atoms with Gasteiger partial charge in [0.1, 0.15) is 13.2 Å². The average Bonchev–Trinajstić information content (AvgIpc) is 3.30. The van der Waals surface area contributed by atoms with Gasteiger partial charge in [0.15, 0.2) is 6.10 Å². The van der Waals surface area contributed by atoms with Crippen molar-refractivity contribution in [1.29, 1.82) is 0 Å². The van der Waals surface area contributed by atoms with E-state index in [-0.39, 0.29) is 31.1 Å². The normalized spacial score (nSPS) is 13.0. The smallest absolute Gasteiger partial charge is 0.306 e. The lowest BCUT2D eigenvalue weighted by Gasteiger charge is -2.18. The van der Waals surface area contributed by atoms with E-state index in [0.29, 0.717) is 19.3 Å². The van der Waals surface area contributed by atoms with Crippen LogP contribution in [0, 0.1) is 17.8 Å². The first-order valence-corrected chi connectivity index (χ1v) is 29.7. The molecule has 0 aromatic rings. The highest BCUT2D eigenvalue weighted by Gasteiger charge is 2.19. The lowest BCUT2D eigenvalue weighted by Crippen LogP contribution is -2.30. The maximum Gasteiger partial charge on any atom is 0.306 e. The van der Waals surface area contributed by atoms with Crippen molar-refractivity contribution < 1.29 is 28.6 Å². The molecule has 66 heavy (non-hydrogen) atoms. The Morgan fingerprint density at radius 2 is 0.530 bits per heavy atom. The molecule has 0 spiro atoms. The molecule has 3 atom stereocenters. The summed E-state index contributed by atoms with van der Waals surface area (Å²) in [6, 6.07) is 0. The zero-order valence-electron chi connectivity index (χ0n) is 45.5. The molecule has 0 fully saturated rings. The van der Waals surface area contributed by atoms with Crippen molar-refractivity contribution in [3.8, 4) is 0 Å². The number of hydrogen-bond acceptors (Lipinski definition) is 6. The molecule has 0 aliphatic rings. The van der Waals surface area contributed by atoms with Crippen LogP contribution in [0.5, 0.6) is 0 Å². The molecular formula is C60H116O6. The predicted molar refractivity (Wildman–Crippen MR) is 284 cm³/mol. The summed E-state index contributed by atoms with van der Waals surface area (Å²) in [6.07, 6.45) is 53.6. The topological polar surface area (TPSA) is 78.9 Å². The van der Waals surface area contributed by atoms with Gasteiger partial charge in [-0.1, -0.05) is 292 Å². The second-order valence-corrected chi connectivity index (χ2v) is 21.6. The Morgan fingerprint density at radius 3 is 0.788 bits per heavy atom. The van der Waals surface area contributed by atoms with E-state index < -0.39 is 6.10 Å². The quantitative estimate of drug-likeness (QED) is 0.0343. The summed E-state index contributed by atoms with van der Waals surface area (Å²) < 4.78 is 16.9. The van der Waals surface area contributed by atoms with Gasteiger partial charge < -0.3 is 14.2 Å². The van der Waals surface area contributed by atoms with Crippen LogP contribution in [0.25, 0.3) is 0 Å². The highest BCUT2D eigenvalue weighted by molar-refractivity contribution is 5.71. The largest absolute Gasteiger partial charge is 0.462 e. The first-order chi connectivity index (χ1) is 32.2. The Bertz CT molecular complexity index is 1030. The molecule has 392 valence electrons. The van der Waals surface area contributed by atoms with Gasteiger partial charge in [0.25, 0.3) is 0 Å². The number of carbonyl (C=O) groups excluding carboxylic acids is 3. The van der Waals surface area contributed by atoms with Crippen LogP contribution in [0.2, 0.25) is 0 Å². The molecule has 0 aliphatic carbocycles. The fourth-order valence-electron chi connectivity index (χ4n) is 9.11. The number of rotatable bonds is 53. The standard InChI is InChI=1S/C60H116O6/c1-7-55(5)47-41-35-29-23-17-13-9-10-14-18-25-31-37-43-49-58(61)64-52-57(66-60(63)51-45-39-33-27-21-20-24-30-36-42-48-56(6)8-2)53-65-59(62)50-44-38-32-26-19-15-11-12-16-22-28-34-40-46-54(3)4/h54-57H,7-53H2,1-6H3/t55?,56?,57-/m1/s1. The second kappa shape index (κ2) is 51.3. The predicted octanol–water partition coefficient (Wildman–Crippen LogP) is 19.5. The molecule has 0 heterocycles. The summed E-state index contributed by atoms with van der Waals surface area (Å²) in [6.45, 7) is 13.8. The number of unbranched alkanes of at least 4 members (excludes halogenated alkanes) is 34. The minimum Gasteiger partial charge on any atom is -0.462 e. The van der Waals surface area contributed by atoms with E-state index in [1.165, 1.54) is 212 Å². The molecule has 6 nitrogen and oxygen atoms in total. The molecule has 0 bridgehead atoms. The molecule has 0 aromatic heterocycles. The van der Waals surface area contributed by atoms with Crippen LogP contribution in [0.15, 0.2) is 0 Å². The van der Waals surface area contributed by atoms with Gasteiger partial charge in [-0.05, 0) is 37.0 Å². The summed E-state index contributed by atoms with van der Waals surface area (Å²) in [7, 11) is 0. The molecule has 0 amide bonds. The van der Waals surface area contributed by atoms with Gasteiger partial charge in [0.05, 0.1) is 0 Å². The molecule has 0 saturated heterocycles. The van der Waals surface area contributed by atoms with Gasteiger partial charge in [0.2, 0.25) is 0 Å². The van der Waals surface area contributed by atoms with Crippen LogP contribution >= 0.6 is 0 Å². The zero-order chi connectivity index (χ0) is 48.4. The Morgan fingerprint density at radius 1 is 0.303 bits per heavy atom. The Balaban J connectivity index is 4.30. The Labute approximate surface area is 412 Å². The van der Waals surface area contributed by atoms with E-state index in [1.54, 1.807) is 0 Å². The van der Waals surface area contributed by atoms with Crippen molar-refractivity contribution in [2.75, 3.05) is 13.2 Å². The lowest BCUT2D eigenvalue weighted by atomic mass is 9.99. The third kappa shape index (κ3) is 50.3. The fraction of sp³-hybridized carbons (Fsp3) is 0.950. The van der Waals surface area contributed by atoms with Crippen LogP contribution < -0.4 is 0 Å². The highest BCUT2D eigenvalue weighted by atomic mass is 16.6.